The zero-order chi connectivity index (χ0) is 16.5. The largest absolute Gasteiger partial charge is 0.348 e. The normalized spacial score (nSPS) is 40.0. The summed E-state index contributed by atoms with van der Waals surface area (Å²) in [5.74, 6) is 1.59. The minimum atomic E-state index is -1.10. The molecule has 0 radical (unpaired) electrons. The van der Waals surface area contributed by atoms with Crippen molar-refractivity contribution in [2.45, 2.75) is 69.6 Å². The van der Waals surface area contributed by atoms with E-state index in [4.69, 9.17) is 12.2 Å². The molecular formula is C17H23FN4OS. The summed E-state index contributed by atoms with van der Waals surface area (Å²) >= 11 is 5.28. The number of alkyl halides is 1. The first-order valence-electron chi connectivity index (χ1n) is 9.09. The van der Waals surface area contributed by atoms with Crippen LogP contribution >= 0.6 is 12.2 Å². The maximum absolute atomic E-state index is 15.0. The molecule has 1 aromatic heterocycles. The van der Waals surface area contributed by atoms with Gasteiger partial charge in [-0.2, -0.15) is 5.10 Å². The Labute approximate surface area is 145 Å². The lowest BCUT2D eigenvalue weighted by atomic mass is 9.48. The van der Waals surface area contributed by atoms with E-state index in [0.29, 0.717) is 48.5 Å². The number of amides is 1. The monoisotopic (exact) mass is 350 g/mol. The molecule has 0 spiro atoms. The summed E-state index contributed by atoms with van der Waals surface area (Å²) in [5, 5.41) is 10.1. The molecule has 1 amide bonds. The Kier molecular flexibility index (Phi) is 3.07. The first-order chi connectivity index (χ1) is 11.5. The molecule has 5 aliphatic rings. The Balaban J connectivity index is 1.33. The van der Waals surface area contributed by atoms with Gasteiger partial charge in [-0.3, -0.25) is 14.5 Å². The zero-order valence-corrected chi connectivity index (χ0v) is 14.5. The van der Waals surface area contributed by atoms with E-state index in [-0.39, 0.29) is 5.91 Å². The fourth-order valence-electron chi connectivity index (χ4n) is 5.93. The van der Waals surface area contributed by atoms with Gasteiger partial charge >= 0.3 is 0 Å². The van der Waals surface area contributed by atoms with Crippen molar-refractivity contribution in [1.82, 2.24) is 20.1 Å². The van der Waals surface area contributed by atoms with Gasteiger partial charge in [-0.25, -0.2) is 4.39 Å². The molecule has 0 aromatic carbocycles. The highest BCUT2D eigenvalue weighted by atomic mass is 32.1. The molecule has 2 atom stereocenters. The second-order valence-corrected chi connectivity index (χ2v) is 9.01. The molecule has 2 N–H and O–H groups in total. The van der Waals surface area contributed by atoms with Crippen LogP contribution in [0.1, 0.15) is 63.2 Å². The molecule has 24 heavy (non-hydrogen) atoms. The Morgan fingerprint density at radius 3 is 2.67 bits per heavy atom. The second-order valence-electron chi connectivity index (χ2n) is 8.62. The molecule has 0 aliphatic heterocycles. The third kappa shape index (κ3) is 2.27. The number of carbonyl (C=O) groups is 1. The number of H-pyrrole nitrogens is 1. The van der Waals surface area contributed by atoms with Crippen molar-refractivity contribution in [3.8, 4) is 0 Å². The van der Waals surface area contributed by atoms with Crippen molar-refractivity contribution in [2.75, 3.05) is 0 Å². The van der Waals surface area contributed by atoms with E-state index >= 15 is 4.39 Å². The summed E-state index contributed by atoms with van der Waals surface area (Å²) in [6, 6.07) is 0.428. The zero-order valence-electron chi connectivity index (χ0n) is 13.7. The molecule has 5 saturated carbocycles. The van der Waals surface area contributed by atoms with Crippen molar-refractivity contribution in [3.05, 3.63) is 10.6 Å². The molecule has 5 aliphatic carbocycles. The number of halogens is 1. The third-order valence-corrected chi connectivity index (χ3v) is 6.86. The van der Waals surface area contributed by atoms with E-state index in [1.807, 2.05) is 4.57 Å². The topological polar surface area (TPSA) is 62.7 Å². The SMILES string of the molecule is O=C(NCc1n[nH]c(=S)n1C1CC1)C12C[C@H]3C[C@@H](CC(F)(C3)C1)C2. The van der Waals surface area contributed by atoms with Gasteiger partial charge in [0.05, 0.1) is 12.0 Å². The summed E-state index contributed by atoms with van der Waals surface area (Å²) in [6.45, 7) is 0.374. The van der Waals surface area contributed by atoms with Crippen LogP contribution in [-0.4, -0.2) is 26.3 Å². The van der Waals surface area contributed by atoms with E-state index in [2.05, 4.69) is 15.5 Å². The van der Waals surface area contributed by atoms with Crippen LogP contribution in [0.3, 0.4) is 0 Å². The van der Waals surface area contributed by atoms with Gasteiger partial charge in [-0.05, 0) is 75.4 Å². The predicted octanol–water partition coefficient (Wildman–Crippen LogP) is 3.20. The Hall–Kier alpha value is -1.24. The van der Waals surface area contributed by atoms with E-state index in [1.165, 1.54) is 0 Å². The van der Waals surface area contributed by atoms with Crippen LogP contribution in [0.25, 0.3) is 0 Å². The predicted molar refractivity (Wildman–Crippen MR) is 88.5 cm³/mol. The van der Waals surface area contributed by atoms with E-state index in [0.717, 1.165) is 37.9 Å². The molecular weight excluding hydrogens is 327 g/mol. The average molecular weight is 350 g/mol. The average Bonchev–Trinajstić information content (AvgIpc) is 3.25. The molecule has 1 aromatic rings. The van der Waals surface area contributed by atoms with Crippen LogP contribution in [0.15, 0.2) is 0 Å². The van der Waals surface area contributed by atoms with Gasteiger partial charge in [-0.1, -0.05) is 0 Å². The van der Waals surface area contributed by atoms with Gasteiger partial charge in [-0.15, -0.1) is 0 Å². The minimum Gasteiger partial charge on any atom is -0.348 e. The smallest absolute Gasteiger partial charge is 0.226 e. The van der Waals surface area contributed by atoms with Gasteiger partial charge in [0.2, 0.25) is 5.91 Å². The highest BCUT2D eigenvalue weighted by molar-refractivity contribution is 7.71. The van der Waals surface area contributed by atoms with Crippen molar-refractivity contribution < 1.29 is 9.18 Å². The van der Waals surface area contributed by atoms with Crippen molar-refractivity contribution in [3.63, 3.8) is 0 Å². The minimum absolute atomic E-state index is 0.0230. The van der Waals surface area contributed by atoms with Crippen LogP contribution in [0.2, 0.25) is 0 Å². The quantitative estimate of drug-likeness (QED) is 0.820. The molecule has 1 heterocycles. The summed E-state index contributed by atoms with van der Waals surface area (Å²) in [6.07, 6.45) is 6.80. The molecule has 0 unspecified atom stereocenters. The molecule has 0 saturated heterocycles. The van der Waals surface area contributed by atoms with Crippen molar-refractivity contribution in [2.24, 2.45) is 17.3 Å². The van der Waals surface area contributed by atoms with Gasteiger partial charge in [0.15, 0.2) is 10.6 Å². The lowest BCUT2D eigenvalue weighted by Gasteiger charge is -2.58. The fourth-order valence-corrected chi connectivity index (χ4v) is 6.23. The van der Waals surface area contributed by atoms with Crippen LogP contribution in [0.4, 0.5) is 4.39 Å². The Morgan fingerprint density at radius 2 is 2.04 bits per heavy atom. The molecule has 130 valence electrons. The molecule has 4 bridgehead atoms. The highest BCUT2D eigenvalue weighted by Crippen LogP contribution is 2.63. The summed E-state index contributed by atoms with van der Waals surface area (Å²) in [4.78, 5) is 13.0. The van der Waals surface area contributed by atoms with Crippen LogP contribution < -0.4 is 5.32 Å². The lowest BCUT2D eigenvalue weighted by molar-refractivity contribution is -0.160. The van der Waals surface area contributed by atoms with Crippen LogP contribution in [0.5, 0.6) is 0 Å². The number of carbonyl (C=O) groups excluding carboxylic acids is 1. The van der Waals surface area contributed by atoms with Gasteiger partial charge in [0, 0.05) is 6.04 Å². The van der Waals surface area contributed by atoms with Crippen LogP contribution in [-0.2, 0) is 11.3 Å². The van der Waals surface area contributed by atoms with E-state index < -0.39 is 11.1 Å². The first-order valence-corrected chi connectivity index (χ1v) is 9.50. The molecule has 5 fully saturated rings. The maximum Gasteiger partial charge on any atom is 0.226 e. The summed E-state index contributed by atoms with van der Waals surface area (Å²) < 4.78 is 17.7. The van der Waals surface area contributed by atoms with Gasteiger partial charge in [0.25, 0.3) is 0 Å². The number of hydrogen-bond donors (Lipinski definition) is 2. The summed E-state index contributed by atoms with van der Waals surface area (Å²) in [5.41, 5.74) is -1.59. The fraction of sp³-hybridized carbons (Fsp3) is 0.824. The number of aromatic amines is 1. The number of nitrogens with one attached hydrogen (secondary N) is 2. The molecule has 7 heteroatoms. The van der Waals surface area contributed by atoms with E-state index in [1.54, 1.807) is 0 Å². The van der Waals surface area contributed by atoms with Crippen LogP contribution in [0, 0.1) is 22.0 Å². The number of hydrogen-bond acceptors (Lipinski definition) is 3. The summed E-state index contributed by atoms with van der Waals surface area (Å²) in [7, 11) is 0. The first kappa shape index (κ1) is 15.0. The third-order valence-electron chi connectivity index (χ3n) is 6.57. The number of rotatable bonds is 4. The second kappa shape index (κ2) is 4.90. The van der Waals surface area contributed by atoms with Crippen molar-refractivity contribution in [1.29, 1.82) is 0 Å². The van der Waals surface area contributed by atoms with E-state index in [9.17, 15) is 4.79 Å². The Morgan fingerprint density at radius 1 is 1.33 bits per heavy atom. The number of aromatic nitrogens is 3. The maximum atomic E-state index is 15.0. The molecule has 5 nitrogen and oxygen atoms in total. The number of nitrogens with zero attached hydrogens (tertiary/aromatic N) is 2. The van der Waals surface area contributed by atoms with Gasteiger partial charge in [0.1, 0.15) is 5.67 Å². The Bertz CT molecular complexity index is 738. The standard InChI is InChI=1S/C17H23FN4OS/c18-17-6-10-3-11(7-17)5-16(4-10,9-17)14(23)19-8-13-20-21-15(24)22(13)12-1-2-12/h10-12H,1-9H2,(H,19,23)(H,21,24)/t10-,11-,16?,17?/m1/s1. The van der Waals surface area contributed by atoms with Gasteiger partial charge < -0.3 is 5.32 Å². The molecule has 6 rings (SSSR count). The highest BCUT2D eigenvalue weighted by Gasteiger charge is 2.61. The van der Waals surface area contributed by atoms with Crippen molar-refractivity contribution >= 4 is 18.1 Å². The lowest BCUT2D eigenvalue weighted by Crippen LogP contribution is -2.58.